The number of anilines is 1. The van der Waals surface area contributed by atoms with E-state index in [4.69, 9.17) is 28.9 Å². The number of H-pyrrole nitrogens is 1. The molecule has 0 atom stereocenters. The summed E-state index contributed by atoms with van der Waals surface area (Å²) in [5.74, 6) is -0.226. The molecule has 3 rings (SSSR count). The molecule has 0 fully saturated rings. The normalized spacial score (nSPS) is 10.9. The van der Waals surface area contributed by atoms with Crippen molar-refractivity contribution in [2.75, 3.05) is 5.73 Å². The van der Waals surface area contributed by atoms with Gasteiger partial charge in [0.05, 0.1) is 15.6 Å². The number of carbonyl (C=O) groups excluding carboxylic acids is 1. The SMILES string of the molecule is Nc1ccc(C(=O)c2c[nH]c3nccc(Cl)c23)c(Cl)c1. The first-order valence-electron chi connectivity index (χ1n) is 5.79. The van der Waals surface area contributed by atoms with Gasteiger partial charge in [-0.15, -0.1) is 0 Å². The summed E-state index contributed by atoms with van der Waals surface area (Å²) in [6.45, 7) is 0. The van der Waals surface area contributed by atoms with Gasteiger partial charge in [0, 0.05) is 29.0 Å². The highest BCUT2D eigenvalue weighted by atomic mass is 35.5. The fraction of sp³-hybridized carbons (Fsp3) is 0. The second-order valence-corrected chi connectivity index (χ2v) is 5.10. The van der Waals surface area contributed by atoms with Crippen LogP contribution in [0.3, 0.4) is 0 Å². The average molecular weight is 306 g/mol. The van der Waals surface area contributed by atoms with E-state index in [0.29, 0.717) is 37.9 Å². The van der Waals surface area contributed by atoms with Crippen LogP contribution < -0.4 is 5.73 Å². The van der Waals surface area contributed by atoms with Gasteiger partial charge < -0.3 is 10.7 Å². The zero-order valence-corrected chi connectivity index (χ0v) is 11.7. The van der Waals surface area contributed by atoms with Crippen LogP contribution in [0.1, 0.15) is 15.9 Å². The van der Waals surface area contributed by atoms with Gasteiger partial charge >= 0.3 is 0 Å². The zero-order chi connectivity index (χ0) is 14.3. The van der Waals surface area contributed by atoms with Crippen LogP contribution in [0, 0.1) is 0 Å². The van der Waals surface area contributed by atoms with E-state index >= 15 is 0 Å². The Hall–Kier alpha value is -2.04. The Morgan fingerprint density at radius 3 is 2.70 bits per heavy atom. The minimum absolute atomic E-state index is 0.226. The predicted octanol–water partition coefficient (Wildman–Crippen LogP) is 3.68. The zero-order valence-electron chi connectivity index (χ0n) is 10.2. The third-order valence-corrected chi connectivity index (χ3v) is 3.63. The monoisotopic (exact) mass is 305 g/mol. The number of halogens is 2. The Balaban J connectivity index is 2.18. The first-order chi connectivity index (χ1) is 9.58. The molecular formula is C14H9Cl2N3O. The number of rotatable bonds is 2. The van der Waals surface area contributed by atoms with Gasteiger partial charge in [0.1, 0.15) is 5.65 Å². The third kappa shape index (κ3) is 2.03. The van der Waals surface area contributed by atoms with Gasteiger partial charge in [0.2, 0.25) is 0 Å². The summed E-state index contributed by atoms with van der Waals surface area (Å²) in [7, 11) is 0. The number of benzene rings is 1. The molecule has 0 saturated carbocycles. The molecule has 0 radical (unpaired) electrons. The molecule has 1 aromatic carbocycles. The predicted molar refractivity (Wildman–Crippen MR) is 80.4 cm³/mol. The second kappa shape index (κ2) is 4.81. The number of nitrogens with zero attached hydrogens (tertiary/aromatic N) is 1. The molecule has 4 nitrogen and oxygen atoms in total. The van der Waals surface area contributed by atoms with Crippen molar-refractivity contribution in [1.29, 1.82) is 0 Å². The molecule has 0 bridgehead atoms. The third-order valence-electron chi connectivity index (χ3n) is 3.01. The highest BCUT2D eigenvalue weighted by molar-refractivity contribution is 6.39. The molecule has 2 heterocycles. The van der Waals surface area contributed by atoms with Crippen LogP contribution in [0.5, 0.6) is 0 Å². The van der Waals surface area contributed by atoms with E-state index in [9.17, 15) is 4.79 Å². The number of hydrogen-bond acceptors (Lipinski definition) is 3. The maximum absolute atomic E-state index is 12.6. The van der Waals surface area contributed by atoms with E-state index in [1.165, 1.54) is 0 Å². The summed E-state index contributed by atoms with van der Waals surface area (Å²) in [4.78, 5) is 19.6. The minimum Gasteiger partial charge on any atom is -0.399 e. The number of carbonyl (C=O) groups is 1. The minimum atomic E-state index is -0.226. The van der Waals surface area contributed by atoms with Crippen LogP contribution >= 0.6 is 23.2 Å². The standard InChI is InChI=1S/C14H9Cl2N3O/c15-10-3-4-18-14-12(10)9(6-19-14)13(20)8-2-1-7(17)5-11(8)16/h1-6H,17H2,(H,18,19). The van der Waals surface area contributed by atoms with Crippen LogP contribution in [0.25, 0.3) is 11.0 Å². The van der Waals surface area contributed by atoms with Gasteiger partial charge in [-0.05, 0) is 24.3 Å². The largest absolute Gasteiger partial charge is 0.399 e. The number of fused-ring (bicyclic) bond motifs is 1. The molecular weight excluding hydrogens is 297 g/mol. The van der Waals surface area contributed by atoms with Crippen LogP contribution in [0.4, 0.5) is 5.69 Å². The molecule has 0 aliphatic heterocycles. The highest BCUT2D eigenvalue weighted by Gasteiger charge is 2.19. The van der Waals surface area contributed by atoms with Crippen molar-refractivity contribution in [3.63, 3.8) is 0 Å². The lowest BCUT2D eigenvalue weighted by molar-refractivity contribution is 0.104. The summed E-state index contributed by atoms with van der Waals surface area (Å²) in [6.07, 6.45) is 3.16. The molecule has 6 heteroatoms. The fourth-order valence-electron chi connectivity index (χ4n) is 2.06. The van der Waals surface area contributed by atoms with Gasteiger partial charge in [-0.1, -0.05) is 23.2 Å². The number of aromatic nitrogens is 2. The van der Waals surface area contributed by atoms with Crippen LogP contribution in [-0.4, -0.2) is 15.8 Å². The Morgan fingerprint density at radius 1 is 1.15 bits per heavy atom. The Bertz CT molecular complexity index is 826. The van der Waals surface area contributed by atoms with Crippen molar-refractivity contribution in [3.05, 3.63) is 57.8 Å². The number of ketones is 1. The summed E-state index contributed by atoms with van der Waals surface area (Å²) < 4.78 is 0. The molecule has 100 valence electrons. The first-order valence-corrected chi connectivity index (χ1v) is 6.55. The number of nitrogens with two attached hydrogens (primary N) is 1. The van der Waals surface area contributed by atoms with Crippen molar-refractivity contribution >= 4 is 45.7 Å². The van der Waals surface area contributed by atoms with E-state index in [-0.39, 0.29) is 5.78 Å². The maximum Gasteiger partial charge on any atom is 0.196 e. The quantitative estimate of drug-likeness (QED) is 0.560. The highest BCUT2D eigenvalue weighted by Crippen LogP contribution is 2.29. The van der Waals surface area contributed by atoms with Gasteiger partial charge in [-0.3, -0.25) is 4.79 Å². The lowest BCUT2D eigenvalue weighted by Crippen LogP contribution is -2.02. The van der Waals surface area contributed by atoms with Crippen molar-refractivity contribution < 1.29 is 4.79 Å². The molecule has 20 heavy (non-hydrogen) atoms. The lowest BCUT2D eigenvalue weighted by Gasteiger charge is -2.04. The topological polar surface area (TPSA) is 71.8 Å². The molecule has 0 aliphatic carbocycles. The van der Waals surface area contributed by atoms with Crippen LogP contribution in [-0.2, 0) is 0 Å². The number of pyridine rings is 1. The molecule has 3 N–H and O–H groups in total. The van der Waals surface area contributed by atoms with Gasteiger partial charge in [0.25, 0.3) is 0 Å². The van der Waals surface area contributed by atoms with Gasteiger partial charge in [0.15, 0.2) is 5.78 Å². The second-order valence-electron chi connectivity index (χ2n) is 4.29. The molecule has 0 aliphatic rings. The maximum atomic E-state index is 12.6. The van der Waals surface area contributed by atoms with Crippen molar-refractivity contribution in [1.82, 2.24) is 9.97 Å². The van der Waals surface area contributed by atoms with E-state index in [2.05, 4.69) is 9.97 Å². The van der Waals surface area contributed by atoms with E-state index < -0.39 is 0 Å². The van der Waals surface area contributed by atoms with Gasteiger partial charge in [-0.2, -0.15) is 0 Å². The van der Waals surface area contributed by atoms with Crippen molar-refractivity contribution in [2.24, 2.45) is 0 Å². The fourth-order valence-corrected chi connectivity index (χ4v) is 2.58. The van der Waals surface area contributed by atoms with Gasteiger partial charge in [-0.25, -0.2) is 4.98 Å². The smallest absolute Gasteiger partial charge is 0.196 e. The summed E-state index contributed by atoms with van der Waals surface area (Å²) in [5, 5.41) is 1.36. The molecule has 0 unspecified atom stereocenters. The summed E-state index contributed by atoms with van der Waals surface area (Å²) >= 11 is 12.2. The number of aromatic amines is 1. The molecule has 3 aromatic rings. The summed E-state index contributed by atoms with van der Waals surface area (Å²) in [5.41, 5.74) is 7.51. The number of hydrogen-bond donors (Lipinski definition) is 2. The number of nitrogen functional groups attached to an aromatic ring is 1. The molecule has 2 aromatic heterocycles. The van der Waals surface area contributed by atoms with Crippen LogP contribution in [0.2, 0.25) is 10.0 Å². The Labute approximate surface area is 124 Å². The molecule has 0 saturated heterocycles. The number of nitrogens with one attached hydrogen (secondary N) is 1. The van der Waals surface area contributed by atoms with E-state index in [1.54, 1.807) is 36.7 Å². The van der Waals surface area contributed by atoms with Crippen molar-refractivity contribution in [2.45, 2.75) is 0 Å². The average Bonchev–Trinajstić information content (AvgIpc) is 2.83. The van der Waals surface area contributed by atoms with Crippen LogP contribution in [0.15, 0.2) is 36.7 Å². The first kappa shape index (κ1) is 13.0. The molecule has 0 amide bonds. The molecule has 0 spiro atoms. The van der Waals surface area contributed by atoms with Crippen molar-refractivity contribution in [3.8, 4) is 0 Å². The van der Waals surface area contributed by atoms with E-state index in [0.717, 1.165) is 0 Å². The lowest BCUT2D eigenvalue weighted by atomic mass is 10.0. The Kier molecular flexibility index (Phi) is 3.12. The summed E-state index contributed by atoms with van der Waals surface area (Å²) in [6, 6.07) is 6.42. The van der Waals surface area contributed by atoms with E-state index in [1.807, 2.05) is 0 Å². The Morgan fingerprint density at radius 2 is 1.95 bits per heavy atom.